The first kappa shape index (κ1) is 21.3. The van der Waals surface area contributed by atoms with Gasteiger partial charge in [-0.3, -0.25) is 9.59 Å². The molecule has 2 heterocycles. The van der Waals surface area contributed by atoms with Gasteiger partial charge in [0.2, 0.25) is 11.8 Å². The van der Waals surface area contributed by atoms with Crippen molar-refractivity contribution in [2.45, 2.75) is 19.3 Å². The van der Waals surface area contributed by atoms with Crippen molar-refractivity contribution < 1.29 is 9.59 Å². The summed E-state index contributed by atoms with van der Waals surface area (Å²) in [6.45, 7) is 2.91. The minimum absolute atomic E-state index is 0. The number of halogens is 3. The molecule has 3 rings (SSSR count). The van der Waals surface area contributed by atoms with Crippen molar-refractivity contribution in [3.63, 3.8) is 0 Å². The molecule has 2 atom stereocenters. The van der Waals surface area contributed by atoms with Crippen molar-refractivity contribution in [2.24, 2.45) is 11.8 Å². The lowest BCUT2D eigenvalue weighted by molar-refractivity contribution is -0.141. The number of nitrogens with one attached hydrogen (secondary N) is 1. The molecule has 0 saturated carbocycles. The fraction of sp³-hybridized carbons (Fsp3) is 0.556. The van der Waals surface area contributed by atoms with Gasteiger partial charge in [0.05, 0.1) is 10.0 Å². The second-order valence-corrected chi connectivity index (χ2v) is 7.59. The first-order valence-corrected chi connectivity index (χ1v) is 9.46. The number of benzene rings is 1. The summed E-state index contributed by atoms with van der Waals surface area (Å²) in [5, 5.41) is 4.04. The lowest BCUT2D eigenvalue weighted by atomic mass is 9.96. The predicted molar refractivity (Wildman–Crippen MR) is 107 cm³/mol. The van der Waals surface area contributed by atoms with Crippen LogP contribution < -0.4 is 10.2 Å². The van der Waals surface area contributed by atoms with Crippen LogP contribution in [0.3, 0.4) is 0 Å². The van der Waals surface area contributed by atoms with Gasteiger partial charge in [0.25, 0.3) is 0 Å². The summed E-state index contributed by atoms with van der Waals surface area (Å²) in [5.41, 5.74) is 0.696. The monoisotopic (exact) mass is 419 g/mol. The topological polar surface area (TPSA) is 52.7 Å². The van der Waals surface area contributed by atoms with Crippen LogP contribution in [0.1, 0.15) is 19.3 Å². The number of anilines is 1. The molecule has 8 heteroatoms. The fourth-order valence-corrected chi connectivity index (χ4v) is 4.05. The van der Waals surface area contributed by atoms with E-state index in [9.17, 15) is 9.59 Å². The number of rotatable bonds is 4. The number of piperidine rings is 1. The molecule has 2 amide bonds. The van der Waals surface area contributed by atoms with Crippen LogP contribution in [0.4, 0.5) is 5.69 Å². The van der Waals surface area contributed by atoms with Crippen LogP contribution in [-0.4, -0.2) is 49.9 Å². The summed E-state index contributed by atoms with van der Waals surface area (Å²) in [5.74, 6) is -0.291. The molecule has 2 saturated heterocycles. The van der Waals surface area contributed by atoms with Gasteiger partial charge in [-0.25, -0.2) is 0 Å². The molecule has 0 bridgehead atoms. The molecule has 144 valence electrons. The Balaban J connectivity index is 0.00000243. The second kappa shape index (κ2) is 9.27. The van der Waals surface area contributed by atoms with Gasteiger partial charge < -0.3 is 15.1 Å². The Morgan fingerprint density at radius 2 is 2.00 bits per heavy atom. The maximum absolute atomic E-state index is 12.9. The van der Waals surface area contributed by atoms with Crippen LogP contribution in [0.15, 0.2) is 18.2 Å². The van der Waals surface area contributed by atoms with Gasteiger partial charge in [0, 0.05) is 25.3 Å². The Morgan fingerprint density at radius 3 is 2.69 bits per heavy atom. The molecule has 1 aromatic rings. The third kappa shape index (κ3) is 4.45. The third-order valence-corrected chi connectivity index (χ3v) is 5.78. The van der Waals surface area contributed by atoms with E-state index in [1.165, 1.54) is 0 Å². The molecular weight excluding hydrogens is 397 g/mol. The van der Waals surface area contributed by atoms with E-state index in [-0.39, 0.29) is 24.2 Å². The maximum Gasteiger partial charge on any atom is 0.239 e. The van der Waals surface area contributed by atoms with Gasteiger partial charge in [-0.15, -0.1) is 12.4 Å². The number of amides is 2. The predicted octanol–water partition coefficient (Wildman–Crippen LogP) is 3.23. The molecular formula is C18H24Cl3N3O2. The number of hydrogen-bond acceptors (Lipinski definition) is 3. The minimum Gasteiger partial charge on any atom is -0.342 e. The molecule has 26 heavy (non-hydrogen) atoms. The van der Waals surface area contributed by atoms with E-state index < -0.39 is 5.92 Å². The van der Waals surface area contributed by atoms with Gasteiger partial charge in [0.15, 0.2) is 0 Å². The van der Waals surface area contributed by atoms with Crippen molar-refractivity contribution >= 4 is 53.1 Å². The largest absolute Gasteiger partial charge is 0.342 e. The van der Waals surface area contributed by atoms with Crippen molar-refractivity contribution in [3.05, 3.63) is 28.2 Å². The molecule has 0 aromatic heterocycles. The zero-order valence-electron chi connectivity index (χ0n) is 14.7. The first-order chi connectivity index (χ1) is 12.0. The highest BCUT2D eigenvalue weighted by Gasteiger charge is 2.40. The number of carbonyl (C=O) groups is 2. The highest BCUT2D eigenvalue weighted by molar-refractivity contribution is 6.42. The average Bonchev–Trinajstić information content (AvgIpc) is 2.99. The summed E-state index contributed by atoms with van der Waals surface area (Å²) in [6, 6.07) is 5.12. The van der Waals surface area contributed by atoms with Crippen molar-refractivity contribution in [1.29, 1.82) is 0 Å². The molecule has 1 N–H and O–H groups in total. The van der Waals surface area contributed by atoms with Crippen molar-refractivity contribution in [2.75, 3.05) is 38.1 Å². The molecule has 2 aliphatic rings. The van der Waals surface area contributed by atoms with E-state index in [1.807, 2.05) is 11.9 Å². The van der Waals surface area contributed by atoms with Crippen LogP contribution in [0, 0.1) is 11.8 Å². The summed E-state index contributed by atoms with van der Waals surface area (Å²) in [4.78, 5) is 29.2. The molecule has 2 fully saturated rings. The normalized spacial score (nSPS) is 23.1. The van der Waals surface area contributed by atoms with Gasteiger partial charge in [0.1, 0.15) is 5.92 Å². The van der Waals surface area contributed by atoms with E-state index in [4.69, 9.17) is 23.2 Å². The van der Waals surface area contributed by atoms with E-state index >= 15 is 0 Å². The molecule has 0 radical (unpaired) electrons. The number of likely N-dealkylation sites (tertiary alicyclic amines) is 1. The Kier molecular flexibility index (Phi) is 7.59. The molecule has 1 aromatic carbocycles. The van der Waals surface area contributed by atoms with Crippen LogP contribution >= 0.6 is 35.6 Å². The van der Waals surface area contributed by atoms with Crippen molar-refractivity contribution in [1.82, 2.24) is 10.2 Å². The van der Waals surface area contributed by atoms with Gasteiger partial charge >= 0.3 is 0 Å². The van der Waals surface area contributed by atoms with E-state index in [0.29, 0.717) is 34.6 Å². The Labute approximate surface area is 170 Å². The minimum atomic E-state index is -0.581. The van der Waals surface area contributed by atoms with Gasteiger partial charge in [-0.1, -0.05) is 23.2 Å². The van der Waals surface area contributed by atoms with E-state index in [0.717, 1.165) is 32.5 Å². The summed E-state index contributed by atoms with van der Waals surface area (Å²) < 4.78 is 0. The quantitative estimate of drug-likeness (QED) is 0.761. The van der Waals surface area contributed by atoms with Crippen LogP contribution in [-0.2, 0) is 9.59 Å². The fourth-order valence-electron chi connectivity index (χ4n) is 3.76. The highest BCUT2D eigenvalue weighted by atomic mass is 35.5. The smallest absolute Gasteiger partial charge is 0.239 e. The number of carbonyl (C=O) groups excluding carboxylic acids is 2. The van der Waals surface area contributed by atoms with E-state index in [1.54, 1.807) is 23.1 Å². The number of nitrogens with zero attached hydrogens (tertiary/aromatic N) is 2. The third-order valence-electron chi connectivity index (χ3n) is 5.04. The Bertz CT molecular complexity index is 669. The molecule has 2 aliphatic heterocycles. The van der Waals surface area contributed by atoms with Crippen LogP contribution in [0.5, 0.6) is 0 Å². The van der Waals surface area contributed by atoms with Crippen molar-refractivity contribution in [3.8, 4) is 0 Å². The first-order valence-electron chi connectivity index (χ1n) is 8.71. The van der Waals surface area contributed by atoms with Gasteiger partial charge in [-0.05, 0) is 57.0 Å². The molecule has 2 unspecified atom stereocenters. The highest BCUT2D eigenvalue weighted by Crippen LogP contribution is 2.32. The lowest BCUT2D eigenvalue weighted by Crippen LogP contribution is -2.46. The van der Waals surface area contributed by atoms with Crippen LogP contribution in [0.25, 0.3) is 0 Å². The zero-order valence-corrected chi connectivity index (χ0v) is 17.0. The Morgan fingerprint density at radius 1 is 1.23 bits per heavy atom. The standard InChI is InChI=1S/C18H23Cl2N3O2.ClH/c1-21-10-12-3-2-7-22(11-12)17(24)14-6-8-23(18(14)25)13-4-5-15(19)16(20)9-13;/h4-5,9,12,14,21H,2-3,6-8,10-11H2,1H3;1H. The zero-order chi connectivity index (χ0) is 18.0. The summed E-state index contributed by atoms with van der Waals surface area (Å²) >= 11 is 12.0. The SMILES string of the molecule is CNCC1CCCN(C(=O)C2CCN(c3ccc(Cl)c(Cl)c3)C2=O)C1.Cl. The summed E-state index contributed by atoms with van der Waals surface area (Å²) in [6.07, 6.45) is 2.67. The lowest BCUT2D eigenvalue weighted by Gasteiger charge is -2.34. The van der Waals surface area contributed by atoms with E-state index in [2.05, 4.69) is 5.32 Å². The average molecular weight is 421 g/mol. The maximum atomic E-state index is 12.9. The van der Waals surface area contributed by atoms with Crippen LogP contribution in [0.2, 0.25) is 10.0 Å². The molecule has 5 nitrogen and oxygen atoms in total. The number of hydrogen-bond donors (Lipinski definition) is 1. The second-order valence-electron chi connectivity index (χ2n) is 6.78. The molecule has 0 aliphatic carbocycles. The van der Waals surface area contributed by atoms with Gasteiger partial charge in [-0.2, -0.15) is 0 Å². The molecule has 0 spiro atoms. The Hall–Kier alpha value is -1.01. The summed E-state index contributed by atoms with van der Waals surface area (Å²) in [7, 11) is 1.93.